The molecule has 0 spiro atoms. The van der Waals surface area contributed by atoms with E-state index in [-0.39, 0.29) is 5.56 Å². The summed E-state index contributed by atoms with van der Waals surface area (Å²) in [6.07, 6.45) is 3.96. The zero-order valence-electron chi connectivity index (χ0n) is 11.1. The molecule has 0 saturated heterocycles. The van der Waals surface area contributed by atoms with Crippen LogP contribution in [0.3, 0.4) is 0 Å². The van der Waals surface area contributed by atoms with Gasteiger partial charge in [-0.05, 0) is 25.0 Å². The lowest BCUT2D eigenvalue weighted by Crippen LogP contribution is -2.28. The molecule has 1 aliphatic rings. The number of anilines is 1. The molecule has 0 atom stereocenters. The molecule has 0 radical (unpaired) electrons. The molecule has 0 aliphatic heterocycles. The number of benzene rings is 1. The van der Waals surface area contributed by atoms with E-state index in [0.717, 1.165) is 23.7 Å². The number of carboxylic acid groups (broad SMARTS) is 1. The Morgan fingerprint density at radius 2 is 2.20 bits per heavy atom. The standard InChI is InChI=1S/C16H16N2O2/c1-2-9-18(12-7-8-12)15-13(16(19)20)10-11-5-3-4-6-14(11)17-15/h2-6,10,12H,1,7-9H2,(H,19,20). The number of hydrogen-bond acceptors (Lipinski definition) is 3. The minimum absolute atomic E-state index is 0.262. The Balaban J connectivity index is 2.17. The van der Waals surface area contributed by atoms with E-state index in [0.29, 0.717) is 18.4 Å². The first kappa shape index (κ1) is 12.7. The molecule has 1 N–H and O–H groups in total. The summed E-state index contributed by atoms with van der Waals surface area (Å²) in [6, 6.07) is 9.68. The van der Waals surface area contributed by atoms with E-state index in [4.69, 9.17) is 0 Å². The van der Waals surface area contributed by atoms with Crippen molar-refractivity contribution in [3.8, 4) is 0 Å². The van der Waals surface area contributed by atoms with Gasteiger partial charge >= 0.3 is 5.97 Å². The van der Waals surface area contributed by atoms with Crippen molar-refractivity contribution in [1.82, 2.24) is 4.98 Å². The molecule has 1 fully saturated rings. The maximum absolute atomic E-state index is 11.5. The number of carboxylic acids is 1. The Morgan fingerprint density at radius 1 is 1.45 bits per heavy atom. The second-order valence-corrected chi connectivity index (χ2v) is 5.03. The first-order chi connectivity index (χ1) is 9.70. The van der Waals surface area contributed by atoms with Gasteiger partial charge in [0.05, 0.1) is 5.52 Å². The average molecular weight is 268 g/mol. The molecule has 2 aromatic rings. The van der Waals surface area contributed by atoms with E-state index < -0.39 is 5.97 Å². The number of aromatic carboxylic acids is 1. The van der Waals surface area contributed by atoms with Gasteiger partial charge < -0.3 is 10.0 Å². The Kier molecular flexibility index (Phi) is 3.14. The Bertz CT molecular complexity index is 677. The highest BCUT2D eigenvalue weighted by Crippen LogP contribution is 2.33. The number of aromatic nitrogens is 1. The average Bonchev–Trinajstić information content (AvgIpc) is 3.28. The van der Waals surface area contributed by atoms with E-state index >= 15 is 0 Å². The third-order valence-corrected chi connectivity index (χ3v) is 3.52. The number of nitrogens with zero attached hydrogens (tertiary/aromatic N) is 2. The smallest absolute Gasteiger partial charge is 0.339 e. The highest BCUT2D eigenvalue weighted by molar-refractivity contribution is 5.98. The van der Waals surface area contributed by atoms with Crippen LogP contribution in [0.25, 0.3) is 10.9 Å². The van der Waals surface area contributed by atoms with Crippen LogP contribution in [0.1, 0.15) is 23.2 Å². The summed E-state index contributed by atoms with van der Waals surface area (Å²) in [5, 5.41) is 10.3. The predicted octanol–water partition coefficient (Wildman–Crippen LogP) is 3.09. The summed E-state index contributed by atoms with van der Waals surface area (Å²) >= 11 is 0. The van der Waals surface area contributed by atoms with Gasteiger partial charge in [0.25, 0.3) is 0 Å². The fourth-order valence-corrected chi connectivity index (χ4v) is 2.42. The highest BCUT2D eigenvalue weighted by Gasteiger charge is 2.31. The van der Waals surface area contributed by atoms with Crippen molar-refractivity contribution < 1.29 is 9.90 Å². The van der Waals surface area contributed by atoms with Gasteiger partial charge in [-0.15, -0.1) is 6.58 Å². The fraction of sp³-hybridized carbons (Fsp3) is 0.250. The van der Waals surface area contributed by atoms with Crippen LogP contribution in [0.4, 0.5) is 5.82 Å². The molecule has 4 heteroatoms. The SMILES string of the molecule is C=CCN(c1nc2ccccc2cc1C(=O)O)C1CC1. The second-order valence-electron chi connectivity index (χ2n) is 5.03. The predicted molar refractivity (Wildman–Crippen MR) is 79.3 cm³/mol. The number of pyridine rings is 1. The van der Waals surface area contributed by atoms with Gasteiger partial charge in [0.15, 0.2) is 0 Å². The van der Waals surface area contributed by atoms with Crippen LogP contribution in [0.15, 0.2) is 43.0 Å². The van der Waals surface area contributed by atoms with Gasteiger partial charge in [-0.1, -0.05) is 24.3 Å². The number of hydrogen-bond donors (Lipinski definition) is 1. The van der Waals surface area contributed by atoms with Crippen LogP contribution in [0, 0.1) is 0 Å². The van der Waals surface area contributed by atoms with Crippen LogP contribution in [0.5, 0.6) is 0 Å². The summed E-state index contributed by atoms with van der Waals surface area (Å²) in [4.78, 5) is 18.1. The zero-order valence-corrected chi connectivity index (χ0v) is 11.1. The van der Waals surface area contributed by atoms with Gasteiger partial charge in [0.2, 0.25) is 0 Å². The number of carbonyl (C=O) groups is 1. The maximum atomic E-state index is 11.5. The highest BCUT2D eigenvalue weighted by atomic mass is 16.4. The molecular formula is C16H16N2O2. The zero-order chi connectivity index (χ0) is 14.1. The number of rotatable bonds is 5. The molecule has 1 aromatic heterocycles. The van der Waals surface area contributed by atoms with E-state index in [2.05, 4.69) is 11.6 Å². The summed E-state index contributed by atoms with van der Waals surface area (Å²) < 4.78 is 0. The van der Waals surface area contributed by atoms with Gasteiger partial charge in [-0.3, -0.25) is 0 Å². The van der Waals surface area contributed by atoms with Crippen LogP contribution >= 0.6 is 0 Å². The first-order valence-electron chi connectivity index (χ1n) is 6.71. The van der Waals surface area contributed by atoms with Crippen LogP contribution in [-0.2, 0) is 0 Å². The molecular weight excluding hydrogens is 252 g/mol. The molecule has 4 nitrogen and oxygen atoms in total. The van der Waals surface area contributed by atoms with Crippen molar-refractivity contribution in [3.05, 3.63) is 48.6 Å². The quantitative estimate of drug-likeness (QED) is 0.847. The van der Waals surface area contributed by atoms with Crippen molar-refractivity contribution in [3.63, 3.8) is 0 Å². The first-order valence-corrected chi connectivity index (χ1v) is 6.71. The molecule has 0 unspecified atom stereocenters. The number of fused-ring (bicyclic) bond motifs is 1. The molecule has 102 valence electrons. The maximum Gasteiger partial charge on any atom is 0.339 e. The molecule has 3 rings (SSSR count). The molecule has 20 heavy (non-hydrogen) atoms. The van der Waals surface area contributed by atoms with Crippen molar-refractivity contribution in [2.45, 2.75) is 18.9 Å². The second kappa shape index (κ2) is 4.96. The number of para-hydroxylation sites is 1. The van der Waals surface area contributed by atoms with Gasteiger partial charge in [-0.25, -0.2) is 9.78 Å². The van der Waals surface area contributed by atoms with E-state index in [9.17, 15) is 9.90 Å². The summed E-state index contributed by atoms with van der Waals surface area (Å²) in [5.41, 5.74) is 1.08. The van der Waals surface area contributed by atoms with Crippen LogP contribution in [0.2, 0.25) is 0 Å². The van der Waals surface area contributed by atoms with Crippen molar-refractivity contribution in [2.24, 2.45) is 0 Å². The van der Waals surface area contributed by atoms with Crippen molar-refractivity contribution >= 4 is 22.7 Å². The lowest BCUT2D eigenvalue weighted by Gasteiger charge is -2.23. The van der Waals surface area contributed by atoms with E-state index in [1.54, 1.807) is 12.1 Å². The summed E-state index contributed by atoms with van der Waals surface area (Å²) in [6.45, 7) is 4.38. The largest absolute Gasteiger partial charge is 0.478 e. The van der Waals surface area contributed by atoms with Crippen LogP contribution < -0.4 is 4.90 Å². The monoisotopic (exact) mass is 268 g/mol. The topological polar surface area (TPSA) is 53.4 Å². The minimum atomic E-state index is -0.937. The Morgan fingerprint density at radius 3 is 2.85 bits per heavy atom. The van der Waals surface area contributed by atoms with Gasteiger partial charge in [0.1, 0.15) is 11.4 Å². The van der Waals surface area contributed by atoms with Gasteiger partial charge in [-0.2, -0.15) is 0 Å². The lowest BCUT2D eigenvalue weighted by molar-refractivity contribution is 0.0697. The molecule has 1 aliphatic carbocycles. The summed E-state index contributed by atoms with van der Waals surface area (Å²) in [7, 11) is 0. The van der Waals surface area contributed by atoms with Crippen molar-refractivity contribution in [1.29, 1.82) is 0 Å². The summed E-state index contributed by atoms with van der Waals surface area (Å²) in [5.74, 6) is -0.383. The third-order valence-electron chi connectivity index (χ3n) is 3.52. The van der Waals surface area contributed by atoms with Crippen molar-refractivity contribution in [2.75, 3.05) is 11.4 Å². The molecule has 0 amide bonds. The third kappa shape index (κ3) is 2.25. The van der Waals surface area contributed by atoms with E-state index in [1.807, 2.05) is 29.2 Å². The van der Waals surface area contributed by atoms with Gasteiger partial charge in [0, 0.05) is 18.0 Å². The fourth-order valence-electron chi connectivity index (χ4n) is 2.42. The van der Waals surface area contributed by atoms with Crippen LogP contribution in [-0.4, -0.2) is 28.6 Å². The Labute approximate surface area is 117 Å². The minimum Gasteiger partial charge on any atom is -0.478 e. The molecule has 0 bridgehead atoms. The molecule has 1 heterocycles. The normalized spacial score (nSPS) is 14.2. The molecule has 1 aromatic carbocycles. The van der Waals surface area contributed by atoms with E-state index in [1.165, 1.54) is 0 Å². The lowest BCUT2D eigenvalue weighted by atomic mass is 10.1. The Hall–Kier alpha value is -2.36. The molecule has 1 saturated carbocycles.